The molecule has 2 rings (SSSR count). The van der Waals surface area contributed by atoms with Crippen LogP contribution in [0.5, 0.6) is 0 Å². The topological polar surface area (TPSA) is 80.4 Å². The summed E-state index contributed by atoms with van der Waals surface area (Å²) in [5.74, 6) is -6.71. The number of nitro benzene ring substituents is 1. The zero-order chi connectivity index (χ0) is 13.7. The largest absolute Gasteiger partial charge is 0.480 e. The molecule has 0 radical (unpaired) electrons. The van der Waals surface area contributed by atoms with E-state index >= 15 is 0 Å². The second kappa shape index (κ2) is 3.44. The Labute approximate surface area is 98.0 Å². The summed E-state index contributed by atoms with van der Waals surface area (Å²) in [7, 11) is 0. The number of aliphatic carboxylic acids is 1. The lowest BCUT2D eigenvalue weighted by Crippen LogP contribution is -2.28. The van der Waals surface area contributed by atoms with E-state index in [9.17, 15) is 28.1 Å². The molecule has 1 aromatic rings. The van der Waals surface area contributed by atoms with Crippen molar-refractivity contribution < 1.29 is 28.0 Å². The monoisotopic (exact) mass is 261 g/mol. The molecule has 0 bridgehead atoms. The number of alkyl halides is 2. The number of hydrogen-bond donors (Lipinski definition) is 1. The number of rotatable bonds is 3. The Morgan fingerprint density at radius 3 is 2.33 bits per heavy atom. The molecule has 5 nitrogen and oxygen atoms in total. The van der Waals surface area contributed by atoms with Crippen molar-refractivity contribution in [1.29, 1.82) is 0 Å². The third kappa shape index (κ3) is 1.45. The van der Waals surface area contributed by atoms with E-state index in [1.54, 1.807) is 0 Å². The molecule has 0 spiro atoms. The first-order valence-corrected chi connectivity index (χ1v) is 4.78. The van der Waals surface area contributed by atoms with Crippen LogP contribution in [0.25, 0.3) is 0 Å². The lowest BCUT2D eigenvalue weighted by atomic mass is 9.94. The van der Waals surface area contributed by atoms with Gasteiger partial charge < -0.3 is 5.11 Å². The van der Waals surface area contributed by atoms with Gasteiger partial charge in [0.1, 0.15) is 5.82 Å². The maximum absolute atomic E-state index is 13.5. The highest BCUT2D eigenvalue weighted by molar-refractivity contribution is 5.88. The first-order valence-electron chi connectivity index (χ1n) is 4.78. The lowest BCUT2D eigenvalue weighted by molar-refractivity contribution is -0.385. The van der Waals surface area contributed by atoms with Crippen molar-refractivity contribution in [3.63, 3.8) is 0 Å². The molecule has 0 saturated heterocycles. The van der Waals surface area contributed by atoms with Gasteiger partial charge in [-0.25, -0.2) is 13.2 Å². The third-order valence-corrected chi connectivity index (χ3v) is 2.97. The average Bonchev–Trinajstić information content (AvgIpc) is 2.82. The molecule has 1 fully saturated rings. The summed E-state index contributed by atoms with van der Waals surface area (Å²) in [4.78, 5) is 20.4. The quantitative estimate of drug-likeness (QED) is 0.667. The molecule has 0 heterocycles. The summed E-state index contributed by atoms with van der Waals surface area (Å²) >= 11 is 0. The van der Waals surface area contributed by atoms with Gasteiger partial charge in [0.05, 0.1) is 11.0 Å². The lowest BCUT2D eigenvalue weighted by Gasteiger charge is -2.12. The summed E-state index contributed by atoms with van der Waals surface area (Å²) in [6.07, 6.45) is -1.01. The van der Waals surface area contributed by atoms with E-state index < -0.39 is 45.7 Å². The number of nitro groups is 1. The average molecular weight is 261 g/mol. The van der Waals surface area contributed by atoms with Gasteiger partial charge in [0.15, 0.2) is 5.41 Å². The van der Waals surface area contributed by atoms with E-state index in [2.05, 4.69) is 0 Å². The van der Waals surface area contributed by atoms with Crippen LogP contribution in [0.1, 0.15) is 12.0 Å². The summed E-state index contributed by atoms with van der Waals surface area (Å²) < 4.78 is 39.8. The number of nitrogens with zero attached hydrogens (tertiary/aromatic N) is 1. The van der Waals surface area contributed by atoms with Crippen LogP contribution >= 0.6 is 0 Å². The number of carboxylic acids is 1. The number of benzene rings is 1. The van der Waals surface area contributed by atoms with Crippen LogP contribution in [0.15, 0.2) is 18.2 Å². The van der Waals surface area contributed by atoms with Gasteiger partial charge in [0.25, 0.3) is 11.6 Å². The molecular formula is C10H6F3NO4. The van der Waals surface area contributed by atoms with Crippen LogP contribution in [0.3, 0.4) is 0 Å². The van der Waals surface area contributed by atoms with Gasteiger partial charge in [-0.05, 0) is 6.07 Å². The zero-order valence-corrected chi connectivity index (χ0v) is 8.69. The van der Waals surface area contributed by atoms with Crippen LogP contribution in [0.4, 0.5) is 18.9 Å². The minimum Gasteiger partial charge on any atom is -0.480 e. The van der Waals surface area contributed by atoms with Crippen LogP contribution in [0, 0.1) is 15.9 Å². The molecule has 1 aromatic carbocycles. The molecule has 1 saturated carbocycles. The summed E-state index contributed by atoms with van der Waals surface area (Å²) in [6, 6.07) is 1.97. The Bertz CT molecular complexity index is 560. The van der Waals surface area contributed by atoms with E-state index in [4.69, 9.17) is 5.11 Å². The molecule has 0 aromatic heterocycles. The minimum absolute atomic E-state index is 0.439. The molecule has 0 amide bonds. The molecule has 18 heavy (non-hydrogen) atoms. The van der Waals surface area contributed by atoms with Gasteiger partial charge in [-0.3, -0.25) is 14.9 Å². The molecule has 1 atom stereocenters. The van der Waals surface area contributed by atoms with Gasteiger partial charge >= 0.3 is 5.97 Å². The fourth-order valence-corrected chi connectivity index (χ4v) is 1.89. The summed E-state index contributed by atoms with van der Waals surface area (Å²) in [5.41, 5.74) is -3.96. The predicted molar refractivity (Wildman–Crippen MR) is 51.9 cm³/mol. The van der Waals surface area contributed by atoms with Crippen LogP contribution < -0.4 is 0 Å². The highest BCUT2D eigenvalue weighted by Gasteiger charge is 2.78. The Morgan fingerprint density at radius 1 is 1.44 bits per heavy atom. The first-order chi connectivity index (χ1) is 8.22. The Morgan fingerprint density at radius 2 is 2.00 bits per heavy atom. The van der Waals surface area contributed by atoms with E-state index in [1.807, 2.05) is 0 Å². The predicted octanol–water partition coefficient (Wildman–Crippen LogP) is 2.10. The zero-order valence-electron chi connectivity index (χ0n) is 8.69. The van der Waals surface area contributed by atoms with Gasteiger partial charge in [0.2, 0.25) is 0 Å². The van der Waals surface area contributed by atoms with Gasteiger partial charge in [-0.15, -0.1) is 0 Å². The molecule has 96 valence electrons. The maximum Gasteiger partial charge on any atom is 0.320 e. The summed E-state index contributed by atoms with van der Waals surface area (Å²) in [6.45, 7) is 0. The van der Waals surface area contributed by atoms with Crippen molar-refractivity contribution in [1.82, 2.24) is 0 Å². The number of halogens is 3. The van der Waals surface area contributed by atoms with Crippen LogP contribution in [-0.4, -0.2) is 21.9 Å². The van der Waals surface area contributed by atoms with E-state index in [0.29, 0.717) is 6.07 Å². The highest BCUT2D eigenvalue weighted by atomic mass is 19.3. The molecule has 1 aliphatic rings. The fourth-order valence-electron chi connectivity index (χ4n) is 1.89. The van der Waals surface area contributed by atoms with Crippen molar-refractivity contribution in [2.45, 2.75) is 17.8 Å². The van der Waals surface area contributed by atoms with Gasteiger partial charge in [-0.1, -0.05) is 0 Å². The van der Waals surface area contributed by atoms with Gasteiger partial charge in [0, 0.05) is 18.1 Å². The number of carboxylic acid groups (broad SMARTS) is 1. The number of non-ortho nitro benzene ring substituents is 1. The molecular weight excluding hydrogens is 255 g/mol. The van der Waals surface area contributed by atoms with Crippen molar-refractivity contribution in [3.8, 4) is 0 Å². The number of hydrogen-bond acceptors (Lipinski definition) is 3. The molecule has 8 heteroatoms. The third-order valence-electron chi connectivity index (χ3n) is 2.97. The van der Waals surface area contributed by atoms with E-state index in [-0.39, 0.29) is 0 Å². The van der Waals surface area contributed by atoms with Gasteiger partial charge in [-0.2, -0.15) is 0 Å². The van der Waals surface area contributed by atoms with Crippen LogP contribution in [0.2, 0.25) is 0 Å². The molecule has 1 N–H and O–H groups in total. The second-order valence-corrected chi connectivity index (χ2v) is 4.01. The normalized spacial score (nSPS) is 24.6. The summed E-state index contributed by atoms with van der Waals surface area (Å²) in [5, 5.41) is 19.2. The van der Waals surface area contributed by atoms with Crippen LogP contribution in [-0.2, 0) is 10.2 Å². The molecule has 1 unspecified atom stereocenters. The van der Waals surface area contributed by atoms with E-state index in [1.165, 1.54) is 0 Å². The van der Waals surface area contributed by atoms with Crippen molar-refractivity contribution in [3.05, 3.63) is 39.7 Å². The first kappa shape index (κ1) is 12.3. The Balaban J connectivity index is 2.53. The minimum atomic E-state index is -3.55. The second-order valence-electron chi connectivity index (χ2n) is 4.01. The smallest absolute Gasteiger partial charge is 0.320 e. The Hall–Kier alpha value is -2.12. The van der Waals surface area contributed by atoms with Crippen molar-refractivity contribution >= 4 is 11.7 Å². The standard InChI is InChI=1S/C10H6F3NO4/c11-7-3-5(14(17)18)1-2-6(7)9(8(15)16)4-10(9,12)13/h1-3H,4H2,(H,15,16). The van der Waals surface area contributed by atoms with Crippen molar-refractivity contribution in [2.24, 2.45) is 0 Å². The van der Waals surface area contributed by atoms with E-state index in [0.717, 1.165) is 12.1 Å². The maximum atomic E-state index is 13.5. The molecule has 1 aliphatic carbocycles. The SMILES string of the molecule is O=C(O)C1(c2ccc([N+](=O)[O-])cc2F)CC1(F)F. The highest BCUT2D eigenvalue weighted by Crippen LogP contribution is 2.62. The number of carbonyl (C=O) groups is 1. The Kier molecular flexibility index (Phi) is 2.36. The molecule has 0 aliphatic heterocycles. The van der Waals surface area contributed by atoms with Crippen molar-refractivity contribution in [2.75, 3.05) is 0 Å². The fraction of sp³-hybridized carbons (Fsp3) is 0.300.